The second-order valence-electron chi connectivity index (χ2n) is 7.42. The van der Waals surface area contributed by atoms with Crippen LogP contribution in [-0.2, 0) is 11.2 Å². The number of hydrazine groups is 1. The molecule has 0 saturated heterocycles. The fraction of sp³-hybridized carbons (Fsp3) is 0.174. The van der Waals surface area contributed by atoms with Crippen molar-refractivity contribution in [3.63, 3.8) is 0 Å². The van der Waals surface area contributed by atoms with Gasteiger partial charge >= 0.3 is 7.12 Å². The van der Waals surface area contributed by atoms with Gasteiger partial charge in [-0.05, 0) is 41.3 Å². The first-order valence-corrected chi connectivity index (χ1v) is 10.1. The minimum atomic E-state index is -1.68. The van der Waals surface area contributed by atoms with Crippen LogP contribution in [0.15, 0.2) is 84.7 Å². The first-order chi connectivity index (χ1) is 14.9. The number of benzene rings is 3. The number of hydrogen-bond acceptors (Lipinski definition) is 6. The number of amides is 1. The molecule has 31 heavy (non-hydrogen) atoms. The van der Waals surface area contributed by atoms with Crippen molar-refractivity contribution < 1.29 is 14.8 Å². The van der Waals surface area contributed by atoms with Gasteiger partial charge in [-0.3, -0.25) is 9.80 Å². The maximum Gasteiger partial charge on any atom is 0.475 e. The van der Waals surface area contributed by atoms with Crippen LogP contribution in [0.25, 0.3) is 10.8 Å². The molecule has 3 aromatic rings. The summed E-state index contributed by atoms with van der Waals surface area (Å²) in [5.74, 6) is 4.81. The lowest BCUT2D eigenvalue weighted by molar-refractivity contribution is -0.121. The quantitative estimate of drug-likeness (QED) is 0.205. The number of para-hydroxylation sites is 1. The molecule has 8 heteroatoms. The Morgan fingerprint density at radius 1 is 1.00 bits per heavy atom. The smallest absolute Gasteiger partial charge is 0.426 e. The van der Waals surface area contributed by atoms with Gasteiger partial charge in [-0.2, -0.15) is 0 Å². The van der Waals surface area contributed by atoms with Crippen LogP contribution in [0.2, 0.25) is 0 Å². The molecule has 0 saturated carbocycles. The molecular weight excluding hydrogens is 391 g/mol. The van der Waals surface area contributed by atoms with Crippen LogP contribution in [-0.4, -0.2) is 29.0 Å². The molecule has 3 rings (SSSR count). The van der Waals surface area contributed by atoms with E-state index >= 15 is 0 Å². The van der Waals surface area contributed by atoms with Gasteiger partial charge in [-0.1, -0.05) is 60.7 Å². The Morgan fingerprint density at radius 2 is 1.68 bits per heavy atom. The first kappa shape index (κ1) is 22.4. The minimum Gasteiger partial charge on any atom is -0.426 e. The maximum atomic E-state index is 12.4. The van der Waals surface area contributed by atoms with Gasteiger partial charge in [0.15, 0.2) is 0 Å². The number of nitrogens with one attached hydrogen (secondary N) is 1. The lowest BCUT2D eigenvalue weighted by atomic mass is 9.75. The monoisotopic (exact) mass is 418 g/mol. The molecule has 0 radical (unpaired) electrons. The van der Waals surface area contributed by atoms with Crippen molar-refractivity contribution in [3.8, 4) is 0 Å². The lowest BCUT2D eigenvalue weighted by Crippen LogP contribution is -2.47. The van der Waals surface area contributed by atoms with Crippen molar-refractivity contribution in [2.24, 2.45) is 11.6 Å². The fourth-order valence-electron chi connectivity index (χ4n) is 3.31. The van der Waals surface area contributed by atoms with Crippen molar-refractivity contribution in [2.75, 3.05) is 5.01 Å². The van der Waals surface area contributed by atoms with Crippen LogP contribution in [0.4, 0.5) is 5.69 Å². The predicted octanol–water partition coefficient (Wildman–Crippen LogP) is 1.84. The maximum absolute atomic E-state index is 12.4. The second-order valence-corrected chi connectivity index (χ2v) is 7.42. The number of anilines is 1. The van der Waals surface area contributed by atoms with Gasteiger partial charge in [-0.25, -0.2) is 5.84 Å². The van der Waals surface area contributed by atoms with E-state index in [1.807, 2.05) is 72.8 Å². The van der Waals surface area contributed by atoms with Crippen molar-refractivity contribution in [2.45, 2.75) is 25.2 Å². The van der Waals surface area contributed by atoms with Gasteiger partial charge in [-0.15, -0.1) is 0 Å². The molecule has 0 aliphatic carbocycles. The van der Waals surface area contributed by atoms with E-state index in [4.69, 9.17) is 11.6 Å². The number of carbonyl (C=O) groups excluding carboxylic acids is 1. The third-order valence-electron chi connectivity index (χ3n) is 4.98. The summed E-state index contributed by atoms with van der Waals surface area (Å²) >= 11 is 0. The highest BCUT2D eigenvalue weighted by Crippen LogP contribution is 2.17. The number of allylic oxidation sites excluding steroid dienone is 1. The molecule has 0 aromatic heterocycles. The van der Waals surface area contributed by atoms with Gasteiger partial charge in [0.1, 0.15) is 0 Å². The second kappa shape index (κ2) is 10.6. The summed E-state index contributed by atoms with van der Waals surface area (Å²) in [6.45, 7) is 0. The summed E-state index contributed by atoms with van der Waals surface area (Å²) in [4.78, 5) is 12.4. The zero-order chi connectivity index (χ0) is 22.2. The van der Waals surface area contributed by atoms with Crippen LogP contribution in [0.1, 0.15) is 18.4 Å². The summed E-state index contributed by atoms with van der Waals surface area (Å²) in [5, 5.41) is 25.7. The van der Waals surface area contributed by atoms with E-state index in [0.717, 1.165) is 22.0 Å². The van der Waals surface area contributed by atoms with E-state index in [2.05, 4.69) is 5.32 Å². The Morgan fingerprint density at radius 3 is 2.39 bits per heavy atom. The van der Waals surface area contributed by atoms with Crippen LogP contribution >= 0.6 is 0 Å². The number of hydrogen-bond donors (Lipinski definition) is 5. The molecule has 1 unspecified atom stereocenters. The Hall–Kier alpha value is -3.33. The summed E-state index contributed by atoms with van der Waals surface area (Å²) in [6, 6.07) is 23.1. The zero-order valence-corrected chi connectivity index (χ0v) is 17.2. The molecule has 7 N–H and O–H groups in total. The molecule has 3 aromatic carbocycles. The normalized spacial score (nSPS) is 12.4. The summed E-state index contributed by atoms with van der Waals surface area (Å²) in [7, 11) is -1.68. The highest BCUT2D eigenvalue weighted by atomic mass is 16.4. The van der Waals surface area contributed by atoms with Crippen LogP contribution in [0.5, 0.6) is 0 Å². The Balaban J connectivity index is 1.55. The molecule has 0 heterocycles. The Bertz CT molecular complexity index is 1040. The minimum absolute atomic E-state index is 0.103. The van der Waals surface area contributed by atoms with Crippen molar-refractivity contribution in [3.05, 3.63) is 90.3 Å². The zero-order valence-electron chi connectivity index (χ0n) is 17.2. The van der Waals surface area contributed by atoms with Gasteiger partial charge in [0, 0.05) is 18.3 Å². The molecule has 0 bridgehead atoms. The van der Waals surface area contributed by atoms with Crippen LogP contribution in [0, 0.1) is 0 Å². The third-order valence-corrected chi connectivity index (χ3v) is 4.98. The molecule has 1 amide bonds. The van der Waals surface area contributed by atoms with E-state index in [9.17, 15) is 14.8 Å². The van der Waals surface area contributed by atoms with E-state index in [1.54, 1.807) is 6.20 Å². The van der Waals surface area contributed by atoms with Crippen molar-refractivity contribution in [1.29, 1.82) is 0 Å². The van der Waals surface area contributed by atoms with Gasteiger partial charge in [0.2, 0.25) is 5.91 Å². The number of rotatable bonds is 9. The summed E-state index contributed by atoms with van der Waals surface area (Å²) < 4.78 is 0. The molecule has 7 nitrogen and oxygen atoms in total. The SMILES string of the molecule is N/C(=C\N(N)c1ccccc1)CCC(=O)NC(Cc1ccc2ccccc2c1)B(O)O. The van der Waals surface area contributed by atoms with Crippen LogP contribution < -0.4 is 21.9 Å². The molecular formula is C23H27BN4O3. The number of nitrogens with zero attached hydrogens (tertiary/aromatic N) is 1. The fourth-order valence-corrected chi connectivity index (χ4v) is 3.31. The van der Waals surface area contributed by atoms with Crippen molar-refractivity contribution >= 4 is 29.5 Å². The van der Waals surface area contributed by atoms with E-state index < -0.39 is 13.1 Å². The average Bonchev–Trinajstić information content (AvgIpc) is 2.77. The molecule has 1 atom stereocenters. The number of carbonyl (C=O) groups is 1. The Labute approximate surface area is 182 Å². The number of nitrogens with two attached hydrogens (primary N) is 2. The van der Waals surface area contributed by atoms with E-state index in [0.29, 0.717) is 12.1 Å². The molecule has 0 fully saturated rings. The summed E-state index contributed by atoms with van der Waals surface area (Å²) in [5.41, 5.74) is 8.10. The topological polar surface area (TPSA) is 125 Å². The largest absolute Gasteiger partial charge is 0.475 e. The van der Waals surface area contributed by atoms with Gasteiger partial charge < -0.3 is 21.1 Å². The molecule has 0 aliphatic rings. The molecule has 160 valence electrons. The highest BCUT2D eigenvalue weighted by molar-refractivity contribution is 6.43. The first-order valence-electron chi connectivity index (χ1n) is 10.1. The van der Waals surface area contributed by atoms with E-state index in [-0.39, 0.29) is 18.7 Å². The molecule has 0 aliphatic heterocycles. The Kier molecular flexibility index (Phi) is 7.67. The average molecular weight is 418 g/mol. The lowest BCUT2D eigenvalue weighted by Gasteiger charge is -2.19. The molecule has 0 spiro atoms. The third kappa shape index (κ3) is 6.58. The van der Waals surface area contributed by atoms with Gasteiger partial charge in [0.25, 0.3) is 0 Å². The summed E-state index contributed by atoms with van der Waals surface area (Å²) in [6.07, 6.45) is 2.25. The van der Waals surface area contributed by atoms with Crippen molar-refractivity contribution in [1.82, 2.24) is 5.32 Å². The van der Waals surface area contributed by atoms with Crippen LogP contribution in [0.3, 0.4) is 0 Å². The van der Waals surface area contributed by atoms with Gasteiger partial charge in [0.05, 0.1) is 11.6 Å². The number of fused-ring (bicyclic) bond motifs is 1. The highest BCUT2D eigenvalue weighted by Gasteiger charge is 2.25. The van der Waals surface area contributed by atoms with E-state index in [1.165, 1.54) is 5.01 Å². The predicted molar refractivity (Wildman–Crippen MR) is 124 cm³/mol. The standard InChI is InChI=1S/C23H27BN4O3/c25-20(16-28(26)21-8-2-1-3-9-21)12-13-23(29)27-22(24(30)31)15-17-10-11-18-6-4-5-7-19(18)14-17/h1-11,14,16,22,30-31H,12-13,15,25-26H2,(H,27,29)/b20-16-.